The molecule has 1 aromatic rings. The van der Waals surface area contributed by atoms with E-state index in [9.17, 15) is 26.8 Å². The monoisotopic (exact) mass is 371 g/mol. The number of nitriles is 1. The first kappa shape index (κ1) is 17.3. The molecule has 0 radical (unpaired) electrons. The summed E-state index contributed by atoms with van der Waals surface area (Å²) in [6, 6.07) is 3.45. The zero-order valence-electron chi connectivity index (χ0n) is 12.8. The molecule has 1 heterocycles. The average Bonchev–Trinajstić information content (AvgIpc) is 3.27. The van der Waals surface area contributed by atoms with Crippen LogP contribution in [0.5, 0.6) is 11.5 Å². The number of halogens is 2. The van der Waals surface area contributed by atoms with Crippen LogP contribution in [0.15, 0.2) is 17.0 Å². The first-order valence-electron chi connectivity index (χ1n) is 7.15. The molecular formula is C15H11F2NO6S. The molecule has 25 heavy (non-hydrogen) atoms. The van der Waals surface area contributed by atoms with Gasteiger partial charge < -0.3 is 9.47 Å². The van der Waals surface area contributed by atoms with Gasteiger partial charge in [0, 0.05) is 17.7 Å². The van der Waals surface area contributed by atoms with Gasteiger partial charge in [-0.05, 0) is 25.0 Å². The summed E-state index contributed by atoms with van der Waals surface area (Å²) in [5.74, 6) is -5.14. The molecule has 1 aliphatic carbocycles. The van der Waals surface area contributed by atoms with Gasteiger partial charge in [0.25, 0.3) is 0 Å². The van der Waals surface area contributed by atoms with Crippen molar-refractivity contribution in [3.63, 3.8) is 0 Å². The van der Waals surface area contributed by atoms with Crippen LogP contribution in [0.4, 0.5) is 8.78 Å². The Hall–Kier alpha value is -2.54. The highest BCUT2D eigenvalue weighted by Crippen LogP contribution is 2.47. The van der Waals surface area contributed by atoms with Crippen LogP contribution in [0.3, 0.4) is 0 Å². The predicted octanol–water partition coefficient (Wildman–Crippen LogP) is 1.71. The van der Waals surface area contributed by atoms with Gasteiger partial charge in [0.15, 0.2) is 38.8 Å². The molecular weight excluding hydrogens is 360 g/mol. The van der Waals surface area contributed by atoms with E-state index in [1.807, 2.05) is 0 Å². The van der Waals surface area contributed by atoms with Crippen molar-refractivity contribution in [2.24, 2.45) is 11.8 Å². The third-order valence-corrected chi connectivity index (χ3v) is 4.96. The van der Waals surface area contributed by atoms with E-state index >= 15 is 0 Å². The summed E-state index contributed by atoms with van der Waals surface area (Å²) in [5.41, 5.74) is -0.553. The Morgan fingerprint density at radius 1 is 1.32 bits per heavy atom. The number of ether oxygens (including phenoxy) is 2. The van der Waals surface area contributed by atoms with Crippen LogP contribution in [0.1, 0.15) is 23.2 Å². The maximum atomic E-state index is 13.3. The Labute approximate surface area is 141 Å². The molecule has 3 rings (SSSR count). The van der Waals surface area contributed by atoms with Crippen LogP contribution in [0, 0.1) is 23.2 Å². The number of ketones is 2. The van der Waals surface area contributed by atoms with Crippen LogP contribution in [-0.4, -0.2) is 32.5 Å². The second kappa shape index (κ2) is 5.49. The van der Waals surface area contributed by atoms with Crippen molar-refractivity contribution in [1.29, 1.82) is 5.26 Å². The molecule has 1 unspecified atom stereocenters. The Kier molecular flexibility index (Phi) is 3.79. The van der Waals surface area contributed by atoms with E-state index in [0.717, 1.165) is 12.1 Å². The minimum atomic E-state index is -4.21. The molecule has 0 amide bonds. The number of sulfone groups is 1. The summed E-state index contributed by atoms with van der Waals surface area (Å²) in [6.07, 6.45) is -2.28. The Morgan fingerprint density at radius 2 is 1.96 bits per heavy atom. The molecule has 1 aliphatic heterocycles. The Morgan fingerprint density at radius 3 is 2.48 bits per heavy atom. The lowest BCUT2D eigenvalue weighted by molar-refractivity contribution is -0.287. The van der Waals surface area contributed by atoms with Gasteiger partial charge in [-0.15, -0.1) is 8.78 Å². The lowest BCUT2D eigenvalue weighted by atomic mass is 9.92. The number of Topliss-reactive ketones (excluding diaryl/α,β-unsaturated/α-hetero) is 2. The van der Waals surface area contributed by atoms with E-state index in [4.69, 9.17) is 5.26 Å². The van der Waals surface area contributed by atoms with E-state index in [2.05, 4.69) is 9.47 Å². The van der Waals surface area contributed by atoms with Crippen LogP contribution in [0.25, 0.3) is 0 Å². The molecule has 0 bridgehead atoms. The number of hydrogen-bond donors (Lipinski definition) is 0. The van der Waals surface area contributed by atoms with Gasteiger partial charge in [-0.2, -0.15) is 5.26 Å². The summed E-state index contributed by atoms with van der Waals surface area (Å²) >= 11 is 0. The standard InChI is InChI=1S/C15H11F2NO6S/c1-25(21,22)14-8(4-5-10-13(14)24-15(16,17)23-10)12(20)9(6-18)11(19)7-2-3-7/h4-5,7,9H,2-3H2,1H3. The SMILES string of the molecule is CS(=O)(=O)c1c(C(=O)C(C#N)C(=O)C2CC2)ccc2c1OC(F)(F)O2. The summed E-state index contributed by atoms with van der Waals surface area (Å²) in [5, 5.41) is 9.16. The Balaban J connectivity index is 2.13. The smallest absolute Gasteiger partial charge is 0.395 e. The van der Waals surface area contributed by atoms with Gasteiger partial charge in [0.2, 0.25) is 0 Å². The maximum absolute atomic E-state index is 13.3. The van der Waals surface area contributed by atoms with Gasteiger partial charge in [0.1, 0.15) is 4.90 Å². The topological polar surface area (TPSA) is 111 Å². The number of nitrogens with zero attached hydrogens (tertiary/aromatic N) is 1. The average molecular weight is 371 g/mol. The van der Waals surface area contributed by atoms with Crippen molar-refractivity contribution in [3.05, 3.63) is 17.7 Å². The van der Waals surface area contributed by atoms with Gasteiger partial charge in [-0.1, -0.05) is 0 Å². The number of rotatable bonds is 5. The normalized spacial score (nSPS) is 19.1. The second-order valence-corrected chi connectivity index (χ2v) is 7.76. The Bertz CT molecular complexity index is 930. The predicted molar refractivity (Wildman–Crippen MR) is 76.9 cm³/mol. The van der Waals surface area contributed by atoms with Crippen LogP contribution in [0.2, 0.25) is 0 Å². The van der Waals surface area contributed by atoms with Crippen molar-refractivity contribution in [3.8, 4) is 17.6 Å². The molecule has 132 valence electrons. The number of alkyl halides is 2. The highest BCUT2D eigenvalue weighted by Gasteiger charge is 2.48. The van der Waals surface area contributed by atoms with Crippen LogP contribution >= 0.6 is 0 Å². The summed E-state index contributed by atoms with van der Waals surface area (Å²) in [6.45, 7) is 0. The van der Waals surface area contributed by atoms with E-state index in [0.29, 0.717) is 19.1 Å². The largest absolute Gasteiger partial charge is 0.586 e. The van der Waals surface area contributed by atoms with Crippen molar-refractivity contribution >= 4 is 21.4 Å². The molecule has 1 aromatic carbocycles. The number of hydrogen-bond acceptors (Lipinski definition) is 7. The molecule has 0 saturated heterocycles. The van der Waals surface area contributed by atoms with Crippen molar-refractivity contribution in [2.45, 2.75) is 24.0 Å². The van der Waals surface area contributed by atoms with Crippen LogP contribution < -0.4 is 9.47 Å². The molecule has 10 heteroatoms. The highest BCUT2D eigenvalue weighted by molar-refractivity contribution is 7.91. The van der Waals surface area contributed by atoms with E-state index in [1.54, 1.807) is 6.07 Å². The zero-order valence-corrected chi connectivity index (χ0v) is 13.6. The lowest BCUT2D eigenvalue weighted by Crippen LogP contribution is -2.27. The quantitative estimate of drug-likeness (QED) is 0.572. The van der Waals surface area contributed by atoms with Gasteiger partial charge in [-0.3, -0.25) is 9.59 Å². The van der Waals surface area contributed by atoms with Gasteiger partial charge >= 0.3 is 6.29 Å². The molecule has 1 fully saturated rings. The van der Waals surface area contributed by atoms with Crippen molar-refractivity contribution < 1.29 is 36.3 Å². The number of benzene rings is 1. The zero-order chi connectivity index (χ0) is 18.6. The summed E-state index contributed by atoms with van der Waals surface area (Å²) in [4.78, 5) is 23.8. The molecule has 7 nitrogen and oxygen atoms in total. The van der Waals surface area contributed by atoms with Gasteiger partial charge in [0.05, 0.1) is 6.07 Å². The van der Waals surface area contributed by atoms with E-state index in [-0.39, 0.29) is 0 Å². The molecule has 0 N–H and O–H groups in total. The molecule has 0 spiro atoms. The third kappa shape index (κ3) is 3.07. The number of carbonyl (C=O) groups is 2. The minimum Gasteiger partial charge on any atom is -0.395 e. The molecule has 0 aromatic heterocycles. The third-order valence-electron chi connectivity index (χ3n) is 3.82. The highest BCUT2D eigenvalue weighted by atomic mass is 32.2. The van der Waals surface area contributed by atoms with Crippen LogP contribution in [-0.2, 0) is 14.6 Å². The summed E-state index contributed by atoms with van der Waals surface area (Å²) < 4.78 is 59.1. The van der Waals surface area contributed by atoms with E-state index in [1.165, 1.54) is 0 Å². The van der Waals surface area contributed by atoms with E-state index < -0.39 is 61.5 Å². The summed E-state index contributed by atoms with van der Waals surface area (Å²) in [7, 11) is -4.21. The maximum Gasteiger partial charge on any atom is 0.586 e. The molecule has 1 atom stereocenters. The lowest BCUT2D eigenvalue weighted by Gasteiger charge is -2.12. The first-order valence-corrected chi connectivity index (χ1v) is 9.05. The number of carbonyl (C=O) groups excluding carboxylic acids is 2. The minimum absolute atomic E-state index is 0.409. The first-order chi connectivity index (χ1) is 11.5. The fourth-order valence-corrected chi connectivity index (χ4v) is 3.61. The van der Waals surface area contributed by atoms with Gasteiger partial charge in [-0.25, -0.2) is 8.42 Å². The number of fused-ring (bicyclic) bond motifs is 1. The fraction of sp³-hybridized carbons (Fsp3) is 0.400. The van der Waals surface area contributed by atoms with Crippen molar-refractivity contribution in [2.75, 3.05) is 6.26 Å². The molecule has 1 saturated carbocycles. The second-order valence-electron chi connectivity index (χ2n) is 5.81. The van der Waals surface area contributed by atoms with Crippen molar-refractivity contribution in [1.82, 2.24) is 0 Å². The molecule has 2 aliphatic rings. The fourth-order valence-electron chi connectivity index (χ4n) is 2.56.